The number of thiophene rings is 1. The maximum Gasteiger partial charge on any atom is 0.222 e. The lowest BCUT2D eigenvalue weighted by atomic mass is 9.96. The van der Waals surface area contributed by atoms with Crippen LogP contribution in [0, 0.1) is 5.82 Å². The summed E-state index contributed by atoms with van der Waals surface area (Å²) in [5.74, 6) is 0.683. The van der Waals surface area contributed by atoms with E-state index in [4.69, 9.17) is 9.84 Å². The number of hydrazone groups is 1. The number of hydrogen-bond acceptors (Lipinski definition) is 4. The molecule has 124 valence electrons. The molecule has 0 aliphatic carbocycles. The normalized spacial score (nSPS) is 21.3. The summed E-state index contributed by atoms with van der Waals surface area (Å²) >= 11 is 1.67. The second-order valence-electron chi connectivity index (χ2n) is 6.18. The predicted molar refractivity (Wildman–Crippen MR) is 96.3 cm³/mol. The maximum absolute atomic E-state index is 13.2. The molecule has 0 radical (unpaired) electrons. The van der Waals surface area contributed by atoms with Gasteiger partial charge in [-0.3, -0.25) is 0 Å². The number of halogens is 1. The Morgan fingerprint density at radius 1 is 1.04 bits per heavy atom. The van der Waals surface area contributed by atoms with Gasteiger partial charge in [0.15, 0.2) is 0 Å². The highest BCUT2D eigenvalue weighted by atomic mass is 32.1. The molecule has 3 aromatic rings. The van der Waals surface area contributed by atoms with Gasteiger partial charge in [-0.15, -0.1) is 11.3 Å². The van der Waals surface area contributed by atoms with E-state index in [1.807, 2.05) is 29.3 Å². The van der Waals surface area contributed by atoms with Gasteiger partial charge in [-0.25, -0.2) is 9.40 Å². The first-order chi connectivity index (χ1) is 12.3. The summed E-state index contributed by atoms with van der Waals surface area (Å²) in [6.07, 6.45) is 0.561. The maximum atomic E-state index is 13.2. The molecule has 5 heteroatoms. The van der Waals surface area contributed by atoms with Crippen molar-refractivity contribution in [3.63, 3.8) is 0 Å². The van der Waals surface area contributed by atoms with Crippen molar-refractivity contribution in [3.8, 4) is 5.75 Å². The molecule has 0 N–H and O–H groups in total. The summed E-state index contributed by atoms with van der Waals surface area (Å²) in [5.41, 5.74) is 3.07. The molecule has 0 fully saturated rings. The highest BCUT2D eigenvalue weighted by Gasteiger charge is 2.41. The van der Waals surface area contributed by atoms with Crippen molar-refractivity contribution in [1.82, 2.24) is 5.01 Å². The summed E-state index contributed by atoms with van der Waals surface area (Å²) in [6, 6.07) is 18.9. The fourth-order valence-corrected chi connectivity index (χ4v) is 4.21. The van der Waals surface area contributed by atoms with Gasteiger partial charge in [-0.1, -0.05) is 36.4 Å². The second-order valence-corrected chi connectivity index (χ2v) is 7.16. The molecule has 0 amide bonds. The molecule has 3 heterocycles. The van der Waals surface area contributed by atoms with Crippen LogP contribution >= 0.6 is 11.3 Å². The van der Waals surface area contributed by atoms with E-state index in [1.54, 1.807) is 23.5 Å². The summed E-state index contributed by atoms with van der Waals surface area (Å²) in [7, 11) is 0. The standard InChI is InChI=1S/C20H15FN2OS/c21-14-9-7-13(8-10-14)16-12-17-15-4-1-2-5-18(15)24-20(23(17)22-16)19-6-3-11-25-19/h1-11,17,20H,12H2/t17-,20-/m0/s1. The highest BCUT2D eigenvalue weighted by molar-refractivity contribution is 7.10. The average molecular weight is 350 g/mol. The number of rotatable bonds is 2. The topological polar surface area (TPSA) is 24.8 Å². The van der Waals surface area contributed by atoms with Crippen LogP contribution in [0.2, 0.25) is 0 Å². The van der Waals surface area contributed by atoms with Crippen LogP contribution in [0.15, 0.2) is 71.1 Å². The summed E-state index contributed by atoms with van der Waals surface area (Å²) < 4.78 is 19.5. The summed E-state index contributed by atoms with van der Waals surface area (Å²) in [6.45, 7) is 0. The Morgan fingerprint density at radius 2 is 1.88 bits per heavy atom. The number of hydrogen-bond donors (Lipinski definition) is 0. The Kier molecular flexibility index (Phi) is 3.35. The molecule has 0 saturated carbocycles. The molecule has 5 rings (SSSR count). The molecule has 1 aromatic heterocycles. The van der Waals surface area contributed by atoms with Crippen LogP contribution in [0.5, 0.6) is 5.75 Å². The third kappa shape index (κ3) is 2.43. The minimum absolute atomic E-state index is 0.136. The molecule has 0 bridgehead atoms. The smallest absolute Gasteiger partial charge is 0.222 e. The molecule has 2 aliphatic rings. The van der Waals surface area contributed by atoms with E-state index >= 15 is 0 Å². The molecular weight excluding hydrogens is 335 g/mol. The zero-order chi connectivity index (χ0) is 16.8. The van der Waals surface area contributed by atoms with Crippen LogP contribution in [0.3, 0.4) is 0 Å². The van der Waals surface area contributed by atoms with Crippen molar-refractivity contribution in [1.29, 1.82) is 0 Å². The first-order valence-electron chi connectivity index (χ1n) is 8.20. The third-order valence-electron chi connectivity index (χ3n) is 4.66. The van der Waals surface area contributed by atoms with Gasteiger partial charge in [0.25, 0.3) is 0 Å². The van der Waals surface area contributed by atoms with Gasteiger partial charge in [0.05, 0.1) is 16.6 Å². The van der Waals surface area contributed by atoms with Crippen molar-refractivity contribution < 1.29 is 9.13 Å². The predicted octanol–water partition coefficient (Wildman–Crippen LogP) is 5.13. The number of nitrogens with zero attached hydrogens (tertiary/aromatic N) is 2. The lowest BCUT2D eigenvalue weighted by Crippen LogP contribution is -2.33. The number of ether oxygens (including phenoxy) is 1. The number of para-hydroxylation sites is 1. The van der Waals surface area contributed by atoms with Crippen molar-refractivity contribution in [2.24, 2.45) is 5.10 Å². The lowest BCUT2D eigenvalue weighted by Gasteiger charge is -2.37. The molecule has 2 aliphatic heterocycles. The van der Waals surface area contributed by atoms with E-state index in [1.165, 1.54) is 12.1 Å². The molecular formula is C20H15FN2OS. The monoisotopic (exact) mass is 350 g/mol. The first kappa shape index (κ1) is 14.7. The number of fused-ring (bicyclic) bond motifs is 3. The quantitative estimate of drug-likeness (QED) is 0.640. The minimum Gasteiger partial charge on any atom is -0.464 e. The van der Waals surface area contributed by atoms with Crippen LogP contribution in [0.4, 0.5) is 4.39 Å². The largest absolute Gasteiger partial charge is 0.464 e. The van der Waals surface area contributed by atoms with Gasteiger partial charge in [-0.05, 0) is 35.2 Å². The first-order valence-corrected chi connectivity index (χ1v) is 9.08. The fourth-order valence-electron chi connectivity index (χ4n) is 3.47. The highest BCUT2D eigenvalue weighted by Crippen LogP contribution is 2.47. The van der Waals surface area contributed by atoms with E-state index in [0.29, 0.717) is 0 Å². The molecule has 0 spiro atoms. The Labute approximate surface area is 149 Å². The van der Waals surface area contributed by atoms with Gasteiger partial charge in [0.1, 0.15) is 11.6 Å². The van der Waals surface area contributed by atoms with E-state index in [0.717, 1.165) is 33.9 Å². The molecule has 3 nitrogen and oxygen atoms in total. The summed E-state index contributed by atoms with van der Waals surface area (Å²) in [4.78, 5) is 1.13. The van der Waals surface area contributed by atoms with E-state index in [-0.39, 0.29) is 18.1 Å². The van der Waals surface area contributed by atoms with Crippen molar-refractivity contribution >= 4 is 17.0 Å². The SMILES string of the molecule is Fc1ccc(C2=NN3[C@@H](C2)c2ccccc2O[C@H]3c2cccs2)cc1. The lowest BCUT2D eigenvalue weighted by molar-refractivity contribution is -0.0165. The van der Waals surface area contributed by atoms with Gasteiger partial charge >= 0.3 is 0 Å². The minimum atomic E-state index is -0.231. The molecule has 2 atom stereocenters. The second kappa shape index (κ2) is 5.70. The molecule has 25 heavy (non-hydrogen) atoms. The Bertz CT molecular complexity index is 937. The van der Waals surface area contributed by atoms with Crippen LogP contribution < -0.4 is 4.74 Å². The Morgan fingerprint density at radius 3 is 2.68 bits per heavy atom. The molecule has 2 aromatic carbocycles. The van der Waals surface area contributed by atoms with Crippen LogP contribution in [-0.2, 0) is 0 Å². The van der Waals surface area contributed by atoms with Crippen LogP contribution in [0.25, 0.3) is 0 Å². The van der Waals surface area contributed by atoms with Crippen LogP contribution in [-0.4, -0.2) is 10.7 Å². The Hall–Kier alpha value is -2.66. The van der Waals surface area contributed by atoms with Gasteiger partial charge < -0.3 is 4.74 Å². The van der Waals surface area contributed by atoms with Crippen molar-refractivity contribution in [2.45, 2.75) is 18.7 Å². The van der Waals surface area contributed by atoms with Gasteiger partial charge in [-0.2, -0.15) is 5.10 Å². The van der Waals surface area contributed by atoms with Gasteiger partial charge in [0.2, 0.25) is 6.23 Å². The zero-order valence-electron chi connectivity index (χ0n) is 13.3. The van der Waals surface area contributed by atoms with Crippen molar-refractivity contribution in [3.05, 3.63) is 87.9 Å². The third-order valence-corrected chi connectivity index (χ3v) is 5.57. The van der Waals surface area contributed by atoms with E-state index < -0.39 is 0 Å². The number of benzene rings is 2. The molecule has 0 unspecified atom stereocenters. The fraction of sp³-hybridized carbons (Fsp3) is 0.150. The average Bonchev–Trinajstić information content (AvgIpc) is 3.32. The van der Waals surface area contributed by atoms with Crippen LogP contribution in [0.1, 0.15) is 34.7 Å². The summed E-state index contributed by atoms with van der Waals surface area (Å²) in [5, 5.41) is 8.95. The zero-order valence-corrected chi connectivity index (χ0v) is 14.1. The Balaban J connectivity index is 1.59. The van der Waals surface area contributed by atoms with E-state index in [9.17, 15) is 4.39 Å². The van der Waals surface area contributed by atoms with E-state index in [2.05, 4.69) is 17.5 Å². The van der Waals surface area contributed by atoms with Crippen molar-refractivity contribution in [2.75, 3.05) is 0 Å². The molecule has 0 saturated heterocycles. The van der Waals surface area contributed by atoms with Gasteiger partial charge in [0, 0.05) is 12.0 Å².